The maximum Gasteiger partial charge on any atom is 0.250 e. The van der Waals surface area contributed by atoms with Gasteiger partial charge in [0.2, 0.25) is 5.91 Å². The van der Waals surface area contributed by atoms with Crippen molar-refractivity contribution in [1.29, 1.82) is 0 Å². The summed E-state index contributed by atoms with van der Waals surface area (Å²) in [5, 5.41) is 4.84. The highest BCUT2D eigenvalue weighted by Gasteiger charge is 2.01. The molecule has 0 bridgehead atoms. The molecule has 3 nitrogen and oxygen atoms in total. The molecule has 0 aliphatic rings. The van der Waals surface area contributed by atoms with Crippen LogP contribution in [0, 0.1) is 0 Å². The van der Waals surface area contributed by atoms with Gasteiger partial charge in [0.15, 0.2) is 0 Å². The van der Waals surface area contributed by atoms with Gasteiger partial charge in [-0.05, 0) is 35.4 Å². The molecule has 0 saturated carbocycles. The molecule has 0 radical (unpaired) electrons. The Morgan fingerprint density at radius 1 is 1.22 bits per heavy atom. The Kier molecular flexibility index (Phi) is 7.43. The van der Waals surface area contributed by atoms with Gasteiger partial charge in [-0.1, -0.05) is 57.3 Å². The summed E-state index contributed by atoms with van der Waals surface area (Å²) in [5.74, 6) is 0.954. The predicted octanol–water partition coefficient (Wildman–Crippen LogP) is 5.14. The summed E-state index contributed by atoms with van der Waals surface area (Å²) >= 11 is 16.7. The van der Waals surface area contributed by atoms with E-state index in [0.29, 0.717) is 15.8 Å². The summed E-state index contributed by atoms with van der Waals surface area (Å²) in [6, 6.07) is 13.1. The molecule has 0 fully saturated rings. The van der Waals surface area contributed by atoms with Crippen LogP contribution in [0.3, 0.4) is 0 Å². The largest absolute Gasteiger partial charge is 0.272 e. The van der Waals surface area contributed by atoms with Crippen molar-refractivity contribution in [1.82, 2.24) is 5.43 Å². The van der Waals surface area contributed by atoms with Crippen molar-refractivity contribution in [2.45, 2.75) is 5.75 Å². The van der Waals surface area contributed by atoms with E-state index >= 15 is 0 Å². The van der Waals surface area contributed by atoms with Crippen LogP contribution in [0.15, 0.2) is 52.0 Å². The predicted molar refractivity (Wildman–Crippen MR) is 103 cm³/mol. The number of amides is 1. The van der Waals surface area contributed by atoms with Crippen molar-refractivity contribution in [3.05, 3.63) is 68.1 Å². The molecule has 0 heterocycles. The Hall–Kier alpha value is -1.01. The second-order valence-electron chi connectivity index (χ2n) is 4.59. The number of carbonyl (C=O) groups excluding carboxylic acids is 1. The highest BCUT2D eigenvalue weighted by atomic mass is 79.9. The summed E-state index contributed by atoms with van der Waals surface area (Å²) in [5.41, 5.74) is 4.42. The molecule has 1 N–H and O–H groups in total. The molecule has 7 heteroatoms. The van der Waals surface area contributed by atoms with E-state index in [1.54, 1.807) is 18.2 Å². The zero-order valence-corrected chi connectivity index (χ0v) is 15.8. The molecule has 2 rings (SSSR count). The minimum absolute atomic E-state index is 0.152. The van der Waals surface area contributed by atoms with Crippen molar-refractivity contribution in [3.8, 4) is 0 Å². The fraction of sp³-hybridized carbons (Fsp3) is 0.125. The summed E-state index contributed by atoms with van der Waals surface area (Å²) in [6.45, 7) is 0. The number of rotatable bonds is 6. The third kappa shape index (κ3) is 6.55. The minimum Gasteiger partial charge on any atom is -0.272 e. The molecule has 23 heavy (non-hydrogen) atoms. The van der Waals surface area contributed by atoms with Gasteiger partial charge in [0.25, 0.3) is 0 Å². The van der Waals surface area contributed by atoms with Crippen molar-refractivity contribution >= 4 is 63.0 Å². The quantitative estimate of drug-likeness (QED) is 0.508. The van der Waals surface area contributed by atoms with Crippen LogP contribution in [0.2, 0.25) is 10.0 Å². The smallest absolute Gasteiger partial charge is 0.250 e. The molecule has 2 aromatic rings. The van der Waals surface area contributed by atoms with Crippen LogP contribution >= 0.6 is 50.9 Å². The first-order chi connectivity index (χ1) is 11.0. The first-order valence-corrected chi connectivity index (χ1v) is 9.34. The van der Waals surface area contributed by atoms with Crippen molar-refractivity contribution < 1.29 is 4.79 Å². The fourth-order valence-electron chi connectivity index (χ4n) is 1.69. The van der Waals surface area contributed by atoms with Gasteiger partial charge in [0.1, 0.15) is 0 Å². The Morgan fingerprint density at radius 3 is 2.78 bits per heavy atom. The van der Waals surface area contributed by atoms with Gasteiger partial charge in [-0.3, -0.25) is 4.79 Å². The van der Waals surface area contributed by atoms with Gasteiger partial charge >= 0.3 is 0 Å². The number of carbonyl (C=O) groups is 1. The van der Waals surface area contributed by atoms with Gasteiger partial charge in [0, 0.05) is 10.2 Å². The molecule has 0 saturated heterocycles. The lowest BCUT2D eigenvalue weighted by Crippen LogP contribution is -2.19. The monoisotopic (exact) mass is 430 g/mol. The number of hydrogen-bond donors (Lipinski definition) is 1. The number of hydrazone groups is 1. The van der Waals surface area contributed by atoms with E-state index in [9.17, 15) is 4.79 Å². The van der Waals surface area contributed by atoms with Gasteiger partial charge < -0.3 is 0 Å². The fourth-order valence-corrected chi connectivity index (χ4v) is 3.21. The SMILES string of the molecule is O=C(CSCc1cccc(Br)c1)N/N=C\c1ccc(Cl)c(Cl)c1. The lowest BCUT2D eigenvalue weighted by Gasteiger charge is -2.02. The molecule has 0 spiro atoms. The van der Waals surface area contributed by atoms with E-state index in [4.69, 9.17) is 23.2 Å². The first-order valence-electron chi connectivity index (χ1n) is 6.64. The van der Waals surface area contributed by atoms with E-state index in [0.717, 1.165) is 21.4 Å². The molecular weight excluding hydrogens is 419 g/mol. The van der Waals surface area contributed by atoms with Gasteiger partial charge in [-0.2, -0.15) is 5.10 Å². The third-order valence-corrected chi connectivity index (χ3v) is 4.97. The van der Waals surface area contributed by atoms with Crippen LogP contribution in [-0.4, -0.2) is 17.9 Å². The van der Waals surface area contributed by atoms with Crippen LogP contribution in [-0.2, 0) is 10.5 Å². The number of nitrogens with one attached hydrogen (secondary N) is 1. The number of thioether (sulfide) groups is 1. The number of halogens is 3. The topological polar surface area (TPSA) is 41.5 Å². The normalized spacial score (nSPS) is 10.9. The van der Waals surface area contributed by atoms with E-state index < -0.39 is 0 Å². The van der Waals surface area contributed by atoms with E-state index in [2.05, 4.69) is 26.5 Å². The molecule has 120 valence electrons. The van der Waals surface area contributed by atoms with Crippen LogP contribution < -0.4 is 5.43 Å². The van der Waals surface area contributed by atoms with Crippen molar-refractivity contribution in [2.75, 3.05) is 5.75 Å². The summed E-state index contributed by atoms with van der Waals surface area (Å²) in [4.78, 5) is 11.7. The first kappa shape index (κ1) is 18.3. The third-order valence-electron chi connectivity index (χ3n) is 2.74. The van der Waals surface area contributed by atoms with Crippen molar-refractivity contribution in [2.24, 2.45) is 5.10 Å². The van der Waals surface area contributed by atoms with Crippen LogP contribution in [0.25, 0.3) is 0 Å². The Balaban J connectivity index is 1.74. The summed E-state index contributed by atoms with van der Waals surface area (Å²) in [6.07, 6.45) is 1.53. The standard InChI is InChI=1S/C16H13BrCl2N2OS/c17-13-3-1-2-12(6-13)9-23-10-16(22)21-20-8-11-4-5-14(18)15(19)7-11/h1-8H,9-10H2,(H,21,22)/b20-8-. The van der Waals surface area contributed by atoms with Crippen LogP contribution in [0.5, 0.6) is 0 Å². The molecule has 0 aromatic heterocycles. The Morgan fingerprint density at radius 2 is 2.04 bits per heavy atom. The lowest BCUT2D eigenvalue weighted by atomic mass is 10.2. The average molecular weight is 432 g/mol. The zero-order valence-electron chi connectivity index (χ0n) is 11.9. The molecular formula is C16H13BrCl2N2OS. The number of nitrogens with zero attached hydrogens (tertiary/aromatic N) is 1. The Bertz CT molecular complexity index is 725. The molecule has 0 aliphatic carbocycles. The van der Waals surface area contributed by atoms with E-state index in [-0.39, 0.29) is 5.91 Å². The molecule has 0 aliphatic heterocycles. The Labute approximate surface area is 157 Å². The minimum atomic E-state index is -0.152. The molecule has 2 aromatic carbocycles. The highest BCUT2D eigenvalue weighted by Crippen LogP contribution is 2.21. The zero-order chi connectivity index (χ0) is 16.7. The highest BCUT2D eigenvalue weighted by molar-refractivity contribution is 9.10. The second-order valence-corrected chi connectivity index (χ2v) is 7.31. The lowest BCUT2D eigenvalue weighted by molar-refractivity contribution is -0.118. The maximum atomic E-state index is 11.7. The van der Waals surface area contributed by atoms with Crippen LogP contribution in [0.1, 0.15) is 11.1 Å². The maximum absolute atomic E-state index is 11.7. The average Bonchev–Trinajstić information content (AvgIpc) is 2.51. The second kappa shape index (κ2) is 9.33. The van der Waals surface area contributed by atoms with Crippen molar-refractivity contribution in [3.63, 3.8) is 0 Å². The summed E-state index contributed by atoms with van der Waals surface area (Å²) in [7, 11) is 0. The molecule has 1 amide bonds. The van der Waals surface area contributed by atoms with E-state index in [1.165, 1.54) is 18.0 Å². The van der Waals surface area contributed by atoms with E-state index in [1.807, 2.05) is 24.3 Å². The molecule has 0 unspecified atom stereocenters. The van der Waals surface area contributed by atoms with Crippen LogP contribution in [0.4, 0.5) is 0 Å². The van der Waals surface area contributed by atoms with Gasteiger partial charge in [-0.25, -0.2) is 5.43 Å². The number of benzene rings is 2. The summed E-state index contributed by atoms with van der Waals surface area (Å²) < 4.78 is 1.03. The molecule has 0 atom stereocenters. The number of hydrogen-bond acceptors (Lipinski definition) is 3. The van der Waals surface area contributed by atoms with Gasteiger partial charge in [-0.15, -0.1) is 11.8 Å². The van der Waals surface area contributed by atoms with Gasteiger partial charge in [0.05, 0.1) is 22.0 Å².